The summed E-state index contributed by atoms with van der Waals surface area (Å²) >= 11 is 11.5. The molecule has 0 radical (unpaired) electrons. The molecule has 0 heterocycles. The van der Waals surface area contributed by atoms with E-state index in [-0.39, 0.29) is 22.0 Å². The Bertz CT molecular complexity index is 688. The zero-order valence-electron chi connectivity index (χ0n) is 9.88. The molecule has 2 aromatic rings. The minimum absolute atomic E-state index is 0.0743. The number of carbonyl (C=O) groups is 1. The molecule has 0 aliphatic heterocycles. The standard InChI is InChI=1S/C13H7Cl2NO4/c14-11-5-4-10(7-12(11)15)20-13(17)8-2-1-3-9(6-8)16(18)19/h1-7H. The predicted octanol–water partition coefficient (Wildman–Crippen LogP) is 4.12. The third kappa shape index (κ3) is 3.26. The molecule has 2 rings (SSSR count). The summed E-state index contributed by atoms with van der Waals surface area (Å²) < 4.78 is 5.07. The van der Waals surface area contributed by atoms with Gasteiger partial charge in [0.15, 0.2) is 0 Å². The first-order valence-corrected chi connectivity index (χ1v) is 6.14. The number of non-ortho nitro benzene ring substituents is 1. The highest BCUT2D eigenvalue weighted by molar-refractivity contribution is 6.42. The second-order valence-corrected chi connectivity index (χ2v) is 4.59. The maximum atomic E-state index is 11.9. The Kier molecular flexibility index (Phi) is 4.22. The van der Waals surface area contributed by atoms with Crippen LogP contribution in [-0.2, 0) is 0 Å². The number of nitro benzene ring substituents is 1. The zero-order chi connectivity index (χ0) is 14.7. The monoisotopic (exact) mass is 311 g/mol. The lowest BCUT2D eigenvalue weighted by molar-refractivity contribution is -0.384. The number of rotatable bonds is 3. The minimum atomic E-state index is -0.716. The van der Waals surface area contributed by atoms with Gasteiger partial charge in [0.05, 0.1) is 20.5 Å². The van der Waals surface area contributed by atoms with Gasteiger partial charge in [0.2, 0.25) is 0 Å². The number of hydrogen-bond donors (Lipinski definition) is 0. The van der Waals surface area contributed by atoms with E-state index in [1.165, 1.54) is 36.4 Å². The highest BCUT2D eigenvalue weighted by Crippen LogP contribution is 2.27. The third-order valence-electron chi connectivity index (χ3n) is 2.39. The number of esters is 1. The SMILES string of the molecule is O=C(Oc1ccc(Cl)c(Cl)c1)c1cccc([N+](=O)[O-])c1. The van der Waals surface area contributed by atoms with E-state index in [0.29, 0.717) is 5.02 Å². The van der Waals surface area contributed by atoms with Crippen molar-refractivity contribution in [1.82, 2.24) is 0 Å². The smallest absolute Gasteiger partial charge is 0.343 e. The largest absolute Gasteiger partial charge is 0.423 e. The molecular weight excluding hydrogens is 305 g/mol. The number of hydrogen-bond acceptors (Lipinski definition) is 4. The normalized spacial score (nSPS) is 10.1. The number of carbonyl (C=O) groups excluding carboxylic acids is 1. The van der Waals surface area contributed by atoms with Crippen molar-refractivity contribution in [1.29, 1.82) is 0 Å². The zero-order valence-corrected chi connectivity index (χ0v) is 11.4. The fourth-order valence-electron chi connectivity index (χ4n) is 1.45. The molecule has 0 spiro atoms. The van der Waals surface area contributed by atoms with Gasteiger partial charge < -0.3 is 4.74 Å². The van der Waals surface area contributed by atoms with Crippen LogP contribution in [-0.4, -0.2) is 10.9 Å². The van der Waals surface area contributed by atoms with Gasteiger partial charge in [0.1, 0.15) is 5.75 Å². The Morgan fingerprint density at radius 3 is 2.50 bits per heavy atom. The van der Waals surface area contributed by atoms with E-state index < -0.39 is 10.9 Å². The van der Waals surface area contributed by atoms with Crippen LogP contribution in [0.2, 0.25) is 10.0 Å². The van der Waals surface area contributed by atoms with Gasteiger partial charge in [-0.05, 0) is 18.2 Å². The number of halogens is 2. The van der Waals surface area contributed by atoms with E-state index in [1.807, 2.05) is 0 Å². The van der Waals surface area contributed by atoms with Gasteiger partial charge in [0, 0.05) is 18.2 Å². The van der Waals surface area contributed by atoms with Gasteiger partial charge in [-0.2, -0.15) is 0 Å². The molecule has 2 aromatic carbocycles. The van der Waals surface area contributed by atoms with Crippen LogP contribution in [0, 0.1) is 10.1 Å². The Morgan fingerprint density at radius 2 is 1.85 bits per heavy atom. The van der Waals surface area contributed by atoms with Crippen LogP contribution in [0.5, 0.6) is 5.75 Å². The number of ether oxygens (including phenoxy) is 1. The Hall–Kier alpha value is -2.11. The first-order chi connectivity index (χ1) is 9.47. The van der Waals surface area contributed by atoms with Crippen molar-refractivity contribution in [3.63, 3.8) is 0 Å². The molecule has 0 bridgehead atoms. The molecule has 20 heavy (non-hydrogen) atoms. The highest BCUT2D eigenvalue weighted by atomic mass is 35.5. The second kappa shape index (κ2) is 5.90. The van der Waals surface area contributed by atoms with Crippen molar-refractivity contribution in [2.45, 2.75) is 0 Å². The molecule has 0 saturated heterocycles. The Balaban J connectivity index is 2.21. The van der Waals surface area contributed by atoms with E-state index in [0.717, 1.165) is 6.07 Å². The lowest BCUT2D eigenvalue weighted by atomic mass is 10.2. The molecule has 0 N–H and O–H groups in total. The molecule has 0 aromatic heterocycles. The maximum absolute atomic E-state index is 11.9. The van der Waals surface area contributed by atoms with Crippen molar-refractivity contribution < 1.29 is 14.5 Å². The van der Waals surface area contributed by atoms with Gasteiger partial charge in [-0.1, -0.05) is 29.3 Å². The van der Waals surface area contributed by atoms with Crippen molar-refractivity contribution >= 4 is 34.9 Å². The summed E-state index contributed by atoms with van der Waals surface area (Å²) in [7, 11) is 0. The maximum Gasteiger partial charge on any atom is 0.343 e. The van der Waals surface area contributed by atoms with Gasteiger partial charge >= 0.3 is 5.97 Å². The average molecular weight is 312 g/mol. The molecule has 7 heteroatoms. The summed E-state index contributed by atoms with van der Waals surface area (Å²) in [5.74, 6) is -0.511. The van der Waals surface area contributed by atoms with E-state index in [2.05, 4.69) is 0 Å². The average Bonchev–Trinajstić information content (AvgIpc) is 2.43. The summed E-state index contributed by atoms with van der Waals surface area (Å²) in [5.41, 5.74) is -0.112. The van der Waals surface area contributed by atoms with Crippen molar-refractivity contribution in [2.75, 3.05) is 0 Å². The third-order valence-corrected chi connectivity index (χ3v) is 3.13. The first kappa shape index (κ1) is 14.3. The van der Waals surface area contributed by atoms with Crippen molar-refractivity contribution in [2.24, 2.45) is 0 Å². The van der Waals surface area contributed by atoms with Crippen LogP contribution < -0.4 is 4.74 Å². The summed E-state index contributed by atoms with van der Waals surface area (Å²) in [4.78, 5) is 21.9. The Labute approximate surface area is 123 Å². The molecule has 0 amide bonds. The lowest BCUT2D eigenvalue weighted by Gasteiger charge is -2.05. The van der Waals surface area contributed by atoms with Crippen molar-refractivity contribution in [3.8, 4) is 5.75 Å². The van der Waals surface area contributed by atoms with E-state index >= 15 is 0 Å². The predicted molar refractivity (Wildman–Crippen MR) is 74.5 cm³/mol. The van der Waals surface area contributed by atoms with E-state index in [9.17, 15) is 14.9 Å². The molecule has 0 aliphatic rings. The molecule has 0 atom stereocenters. The first-order valence-electron chi connectivity index (χ1n) is 5.39. The van der Waals surface area contributed by atoms with Gasteiger partial charge in [-0.25, -0.2) is 4.79 Å². The number of nitro groups is 1. The molecule has 0 fully saturated rings. The lowest BCUT2D eigenvalue weighted by Crippen LogP contribution is -2.08. The van der Waals surface area contributed by atoms with Crippen LogP contribution in [0.1, 0.15) is 10.4 Å². The summed E-state index contributed by atoms with van der Waals surface area (Å²) in [6.07, 6.45) is 0. The highest BCUT2D eigenvalue weighted by Gasteiger charge is 2.13. The van der Waals surface area contributed by atoms with E-state index in [4.69, 9.17) is 27.9 Å². The van der Waals surface area contributed by atoms with Gasteiger partial charge in [0.25, 0.3) is 5.69 Å². The molecule has 102 valence electrons. The van der Waals surface area contributed by atoms with Gasteiger partial charge in [-0.15, -0.1) is 0 Å². The molecule has 5 nitrogen and oxygen atoms in total. The minimum Gasteiger partial charge on any atom is -0.423 e. The second-order valence-electron chi connectivity index (χ2n) is 3.77. The van der Waals surface area contributed by atoms with Crippen LogP contribution >= 0.6 is 23.2 Å². The van der Waals surface area contributed by atoms with Crippen molar-refractivity contribution in [3.05, 3.63) is 68.2 Å². The number of benzene rings is 2. The summed E-state index contributed by atoms with van der Waals surface area (Å²) in [6, 6.07) is 9.61. The topological polar surface area (TPSA) is 69.4 Å². The molecule has 0 saturated carbocycles. The molecule has 0 unspecified atom stereocenters. The fraction of sp³-hybridized carbons (Fsp3) is 0. The summed E-state index contributed by atoms with van der Waals surface area (Å²) in [5, 5.41) is 11.2. The quantitative estimate of drug-likeness (QED) is 0.370. The molecule has 0 aliphatic carbocycles. The van der Waals surface area contributed by atoms with Crippen LogP contribution in [0.25, 0.3) is 0 Å². The van der Waals surface area contributed by atoms with Crippen LogP contribution in [0.4, 0.5) is 5.69 Å². The number of nitrogens with zero attached hydrogens (tertiary/aromatic N) is 1. The van der Waals surface area contributed by atoms with Gasteiger partial charge in [-0.3, -0.25) is 10.1 Å². The summed E-state index contributed by atoms with van der Waals surface area (Å²) in [6.45, 7) is 0. The molecular formula is C13H7Cl2NO4. The Morgan fingerprint density at radius 1 is 1.10 bits per heavy atom. The van der Waals surface area contributed by atoms with Crippen LogP contribution in [0.15, 0.2) is 42.5 Å². The fourth-order valence-corrected chi connectivity index (χ4v) is 1.74. The van der Waals surface area contributed by atoms with Crippen LogP contribution in [0.3, 0.4) is 0 Å². The van der Waals surface area contributed by atoms with E-state index in [1.54, 1.807) is 0 Å².